The smallest absolute Gasteiger partial charge is 0.408 e. The van der Waals surface area contributed by atoms with Crippen LogP contribution in [0.1, 0.15) is 159 Å². The average Bonchev–Trinajstić information content (AvgIpc) is 1.36. The lowest BCUT2D eigenvalue weighted by molar-refractivity contribution is -0.147. The minimum Gasteiger partial charge on any atom is -0.445 e. The highest BCUT2D eigenvalue weighted by Crippen LogP contribution is 2.33. The number of urea groups is 1. The van der Waals surface area contributed by atoms with Gasteiger partial charge in [-0.25, -0.2) is 14.6 Å². The number of thiazole rings is 1. The van der Waals surface area contributed by atoms with Gasteiger partial charge in [-0.1, -0.05) is 116 Å². The van der Waals surface area contributed by atoms with Crippen LogP contribution in [0.25, 0.3) is 0 Å². The molecule has 98 heavy (non-hydrogen) atoms. The largest absolute Gasteiger partial charge is 0.445 e. The maximum Gasteiger partial charge on any atom is 0.408 e. The van der Waals surface area contributed by atoms with Gasteiger partial charge in [0.15, 0.2) is 0 Å². The van der Waals surface area contributed by atoms with E-state index in [1.54, 1.807) is 112 Å². The molecule has 25 nitrogen and oxygen atoms in total. The molecule has 2 heterocycles. The molecule has 1 saturated heterocycles. The number of Topliss-reactive ketones (excluding diaryl/α,β-unsaturated/α-hetero) is 1. The van der Waals surface area contributed by atoms with Gasteiger partial charge >= 0.3 is 12.1 Å². The number of methoxy groups -OCH3 is 2. The highest BCUT2D eigenvalue weighted by atomic mass is 32.1. The van der Waals surface area contributed by atoms with Crippen molar-refractivity contribution >= 4 is 76.3 Å². The van der Waals surface area contributed by atoms with Gasteiger partial charge in [-0.3, -0.25) is 38.4 Å². The highest BCUT2D eigenvalue weighted by molar-refractivity contribution is 7.09. The number of ketones is 1. The molecule has 0 unspecified atom stereocenters. The van der Waals surface area contributed by atoms with E-state index in [0.717, 1.165) is 17.0 Å². The maximum absolute atomic E-state index is 14.8. The first-order valence-electron chi connectivity index (χ1n) is 34.1. The van der Waals surface area contributed by atoms with E-state index in [0.29, 0.717) is 62.0 Å². The van der Waals surface area contributed by atoms with Gasteiger partial charge in [0.2, 0.25) is 35.4 Å². The van der Waals surface area contributed by atoms with Gasteiger partial charge in [0.25, 0.3) is 5.91 Å². The Morgan fingerprint density at radius 1 is 0.745 bits per heavy atom. The fourth-order valence-electron chi connectivity index (χ4n) is 12.2. The third kappa shape index (κ3) is 24.3. The number of aromatic nitrogens is 1. The predicted molar refractivity (Wildman–Crippen MR) is 376 cm³/mol. The summed E-state index contributed by atoms with van der Waals surface area (Å²) in [5.74, 6) is -5.29. The molecule has 1 aliphatic heterocycles. The number of nitrogens with one attached hydrogen (secondary N) is 7. The summed E-state index contributed by atoms with van der Waals surface area (Å²) >= 11 is 1.53. The number of carbonyl (C=O) groups excluding carboxylic acids is 10. The van der Waals surface area contributed by atoms with Crippen molar-refractivity contribution in [2.75, 3.05) is 46.2 Å². The quantitative estimate of drug-likeness (QED) is 0.0200. The Labute approximate surface area is 581 Å². The molecule has 1 fully saturated rings. The summed E-state index contributed by atoms with van der Waals surface area (Å²) < 4.78 is 17.8. The van der Waals surface area contributed by atoms with Crippen molar-refractivity contribution < 1.29 is 62.2 Å². The Morgan fingerprint density at radius 2 is 1.39 bits per heavy atom. The molecule has 3 aromatic carbocycles. The summed E-state index contributed by atoms with van der Waals surface area (Å²) in [6.07, 6.45) is 4.01. The van der Waals surface area contributed by atoms with Gasteiger partial charge in [0, 0.05) is 75.4 Å². The monoisotopic (exact) mass is 1380 g/mol. The van der Waals surface area contributed by atoms with Crippen LogP contribution in [0.5, 0.6) is 0 Å². The first kappa shape index (κ1) is 80.4. The zero-order valence-electron chi connectivity index (χ0n) is 59.1. The fourth-order valence-corrected chi connectivity index (χ4v) is 13.0. The molecule has 0 aliphatic carbocycles. The number of nitrogens with two attached hydrogens (primary N) is 2. The molecule has 4 aromatic rings. The van der Waals surface area contributed by atoms with Gasteiger partial charge in [-0.05, 0) is 125 Å². The number of hydrogen-bond acceptors (Lipinski definition) is 16. The third-order valence-electron chi connectivity index (χ3n) is 18.2. The average molecular weight is 1380 g/mol. The summed E-state index contributed by atoms with van der Waals surface area (Å²) in [5, 5.41) is 21.9. The second kappa shape index (κ2) is 39.9. The number of benzene rings is 3. The predicted octanol–water partition coefficient (Wildman–Crippen LogP) is 7.13. The van der Waals surface area contributed by atoms with Gasteiger partial charge in [-0.2, -0.15) is 0 Å². The lowest BCUT2D eigenvalue weighted by Crippen LogP contribution is -2.62. The van der Waals surface area contributed by atoms with E-state index in [-0.39, 0.29) is 74.8 Å². The molecule has 0 radical (unpaired) electrons. The van der Waals surface area contributed by atoms with E-state index in [2.05, 4.69) is 42.2 Å². The van der Waals surface area contributed by atoms with Crippen molar-refractivity contribution in [3.05, 3.63) is 118 Å². The number of primary amides is 1. The molecule has 10 amide bonds. The number of anilines is 1. The van der Waals surface area contributed by atoms with Crippen LogP contribution in [-0.2, 0) is 60.8 Å². The van der Waals surface area contributed by atoms with E-state index in [1.807, 2.05) is 56.5 Å². The Bertz CT molecular complexity index is 3210. The number of likely N-dealkylation sites (N-methyl/N-ethyl adjacent to an activating group) is 1. The number of likely N-dealkylation sites (tertiary alicyclic amines) is 1. The SMILES string of the molecule is CC[C@H](C)[C@@H]([C@@H](CC(=O)N1CCC[C@H]1[C@H](OC)[C@@H](C)C(=O)C[C@@H](Cc1ccccc1)c1nccs1)OC)N(C)C(=O)[C@@H](NC(=O)C(C)(C)NC(=O)OCc1ccc(NC(=O)[C@H](CCCNC(N)=O)NC(=O)[C@@H](NC(=O)[C@H](CCCCN)NC(=O)c2ccccc2)C(C)C)cc1)C(C)C. The summed E-state index contributed by atoms with van der Waals surface area (Å²) in [7, 11) is 4.74. The van der Waals surface area contributed by atoms with Gasteiger partial charge < -0.3 is 72.7 Å². The van der Waals surface area contributed by atoms with E-state index < -0.39 is 113 Å². The summed E-state index contributed by atoms with van der Waals surface area (Å²) in [6, 6.07) is 18.7. The normalized spacial score (nSPS) is 16.2. The molecule has 11 atom stereocenters. The molecule has 1 aliphatic rings. The first-order valence-corrected chi connectivity index (χ1v) is 35.0. The minimum atomic E-state index is -1.59. The second-order valence-corrected chi connectivity index (χ2v) is 27.6. The van der Waals surface area contributed by atoms with E-state index in [1.165, 1.54) is 32.3 Å². The van der Waals surface area contributed by atoms with Crippen LogP contribution in [0, 0.1) is 23.7 Å². The van der Waals surface area contributed by atoms with Crippen LogP contribution in [-0.4, -0.2) is 169 Å². The zero-order valence-corrected chi connectivity index (χ0v) is 59.9. The number of hydrogen-bond donors (Lipinski definition) is 9. The molecular weight excluding hydrogens is 1270 g/mol. The molecule has 5 rings (SSSR count). The van der Waals surface area contributed by atoms with Crippen LogP contribution >= 0.6 is 11.3 Å². The lowest BCUT2D eigenvalue weighted by Gasteiger charge is -2.41. The number of carbonyl (C=O) groups is 10. The van der Waals surface area contributed by atoms with Crippen LogP contribution < -0.4 is 48.7 Å². The third-order valence-corrected chi connectivity index (χ3v) is 19.1. The van der Waals surface area contributed by atoms with Crippen LogP contribution in [0.3, 0.4) is 0 Å². The Balaban J connectivity index is 1.18. The topological polar surface area (TPSA) is 354 Å². The summed E-state index contributed by atoms with van der Waals surface area (Å²) in [6.45, 7) is 16.5. The van der Waals surface area contributed by atoms with Crippen molar-refractivity contribution in [2.45, 2.75) is 199 Å². The Hall–Kier alpha value is -8.33. The number of nitrogens with zero attached hydrogens (tertiary/aromatic N) is 3. The molecular formula is C72H106N12O13S. The second-order valence-electron chi connectivity index (χ2n) is 26.6. The first-order chi connectivity index (χ1) is 46.6. The standard InChI is InChI=1S/C72H106N12O13S/c1-13-46(6)61(57(95-11)42-58(86)84-38-23-30-55(84)62(96-12)47(7)56(85)41-51(67-75-37-39-98-67)40-48-24-16-14-17-25-48)83(10)68(91)60(45(4)5)81-69(92)72(8,9)82-71(94)97-43-49-31-33-52(34-32-49)77-64(88)54(29-22-36-76-70(74)93)79-66(90)59(44(2)3)80-65(89)53(28-20-21-35-73)78-63(87)50-26-18-15-19-27-50/h14-19,24-27,31-34,37,39,44-47,51,53-55,57,59-62H,13,20-23,28-30,35-36,38,40-43,73H2,1-12H3,(H,77,88)(H,78,87)(H,79,90)(H,80,89)(H,81,92)(H,82,94)(H3,74,76,93)/t46-,47-,51+,53-,54-,55-,57+,59-,60-,61-,62+/m0/s1. The number of amides is 10. The van der Waals surface area contributed by atoms with Crippen molar-refractivity contribution in [3.8, 4) is 0 Å². The van der Waals surface area contributed by atoms with Crippen molar-refractivity contribution in [1.29, 1.82) is 0 Å². The molecule has 11 N–H and O–H groups in total. The lowest BCUT2D eigenvalue weighted by atomic mass is 9.85. The van der Waals surface area contributed by atoms with Gasteiger partial charge in [0.1, 0.15) is 42.1 Å². The number of unbranched alkanes of at least 4 members (excludes halogenated alkanes) is 1. The van der Waals surface area contributed by atoms with E-state index in [4.69, 9.17) is 25.7 Å². The number of ether oxygens (including phenoxy) is 3. The fraction of sp³-hybridized carbons (Fsp3) is 0.569. The Morgan fingerprint density at radius 3 is 1.98 bits per heavy atom. The van der Waals surface area contributed by atoms with Crippen LogP contribution in [0.2, 0.25) is 0 Å². The molecule has 538 valence electrons. The minimum absolute atomic E-state index is 0.0262. The molecule has 0 spiro atoms. The van der Waals surface area contributed by atoms with Gasteiger partial charge in [0.05, 0.1) is 35.7 Å². The van der Waals surface area contributed by atoms with Crippen molar-refractivity contribution in [3.63, 3.8) is 0 Å². The summed E-state index contributed by atoms with van der Waals surface area (Å²) in [5.41, 5.74) is 11.7. The van der Waals surface area contributed by atoms with Crippen molar-refractivity contribution in [1.82, 2.24) is 46.7 Å². The zero-order chi connectivity index (χ0) is 72.2. The number of alkyl carbamates (subject to hydrolysis) is 1. The maximum atomic E-state index is 14.8. The summed E-state index contributed by atoms with van der Waals surface area (Å²) in [4.78, 5) is 145. The molecule has 0 bridgehead atoms. The number of rotatable bonds is 40. The molecule has 0 saturated carbocycles. The Kier molecular flexibility index (Phi) is 32.7. The molecule has 1 aromatic heterocycles. The van der Waals surface area contributed by atoms with E-state index in [9.17, 15) is 47.9 Å². The molecule has 26 heteroatoms. The van der Waals surface area contributed by atoms with Crippen molar-refractivity contribution in [2.24, 2.45) is 35.1 Å². The van der Waals surface area contributed by atoms with Crippen LogP contribution in [0.4, 0.5) is 15.3 Å². The highest BCUT2D eigenvalue weighted by Gasteiger charge is 2.44. The van der Waals surface area contributed by atoms with Crippen LogP contribution in [0.15, 0.2) is 96.5 Å². The van der Waals surface area contributed by atoms with E-state index >= 15 is 0 Å². The van der Waals surface area contributed by atoms with Gasteiger partial charge in [-0.15, -0.1) is 11.3 Å².